The van der Waals surface area contributed by atoms with Crippen LogP contribution in [0.1, 0.15) is 31.8 Å². The van der Waals surface area contributed by atoms with Crippen LogP contribution in [0, 0.1) is 11.8 Å². The van der Waals surface area contributed by atoms with E-state index >= 15 is 0 Å². The molecular formula is C22H14ClNO3. The molecule has 0 atom stereocenters. The molecule has 0 aliphatic rings. The van der Waals surface area contributed by atoms with Crippen molar-refractivity contribution in [2.45, 2.75) is 0 Å². The fourth-order valence-corrected chi connectivity index (χ4v) is 2.61. The van der Waals surface area contributed by atoms with E-state index in [1.54, 1.807) is 30.3 Å². The van der Waals surface area contributed by atoms with E-state index in [1.165, 1.54) is 12.1 Å². The summed E-state index contributed by atoms with van der Waals surface area (Å²) < 4.78 is 0. The molecule has 0 heterocycles. The second-order valence-corrected chi connectivity index (χ2v) is 6.02. The minimum Gasteiger partial charge on any atom is -0.478 e. The van der Waals surface area contributed by atoms with Gasteiger partial charge in [0.1, 0.15) is 0 Å². The van der Waals surface area contributed by atoms with Gasteiger partial charge in [-0.1, -0.05) is 53.8 Å². The number of carbonyl (C=O) groups excluding carboxylic acids is 1. The Morgan fingerprint density at radius 3 is 2.22 bits per heavy atom. The van der Waals surface area contributed by atoms with Crippen LogP contribution in [-0.4, -0.2) is 17.0 Å². The molecule has 1 amide bonds. The molecule has 5 heteroatoms. The zero-order valence-electron chi connectivity index (χ0n) is 14.1. The van der Waals surface area contributed by atoms with E-state index in [2.05, 4.69) is 17.2 Å². The highest BCUT2D eigenvalue weighted by Gasteiger charge is 2.15. The number of hydrogen-bond acceptors (Lipinski definition) is 2. The van der Waals surface area contributed by atoms with Crippen molar-refractivity contribution in [2.75, 3.05) is 5.32 Å². The van der Waals surface area contributed by atoms with Gasteiger partial charge >= 0.3 is 5.97 Å². The van der Waals surface area contributed by atoms with Crippen LogP contribution < -0.4 is 5.32 Å². The number of carboxylic acid groups (broad SMARTS) is 1. The molecule has 3 rings (SSSR count). The van der Waals surface area contributed by atoms with Gasteiger partial charge in [0.05, 0.1) is 21.8 Å². The largest absolute Gasteiger partial charge is 0.478 e. The highest BCUT2D eigenvalue weighted by Crippen LogP contribution is 2.21. The summed E-state index contributed by atoms with van der Waals surface area (Å²) in [4.78, 5) is 23.9. The lowest BCUT2D eigenvalue weighted by atomic mass is 10.1. The minimum absolute atomic E-state index is 0.00185. The number of halogens is 1. The van der Waals surface area contributed by atoms with E-state index in [1.807, 2.05) is 30.3 Å². The third-order valence-electron chi connectivity index (χ3n) is 3.74. The fraction of sp³-hybridized carbons (Fsp3) is 0. The molecule has 27 heavy (non-hydrogen) atoms. The molecule has 3 aromatic rings. The number of hydrogen-bond donors (Lipinski definition) is 2. The lowest BCUT2D eigenvalue weighted by molar-refractivity contribution is 0.0698. The third-order valence-corrected chi connectivity index (χ3v) is 4.07. The summed E-state index contributed by atoms with van der Waals surface area (Å²) in [6.45, 7) is 0. The van der Waals surface area contributed by atoms with Crippen molar-refractivity contribution < 1.29 is 14.7 Å². The summed E-state index contributed by atoms with van der Waals surface area (Å²) in [5.41, 5.74) is 1.90. The summed E-state index contributed by atoms with van der Waals surface area (Å²) >= 11 is 6.15. The van der Waals surface area contributed by atoms with E-state index in [4.69, 9.17) is 11.6 Å². The molecule has 0 aliphatic carbocycles. The van der Waals surface area contributed by atoms with Gasteiger partial charge in [0.15, 0.2) is 0 Å². The lowest BCUT2D eigenvalue weighted by Crippen LogP contribution is -2.15. The van der Waals surface area contributed by atoms with Gasteiger partial charge in [-0.3, -0.25) is 4.79 Å². The molecule has 0 aliphatic heterocycles. The maximum atomic E-state index is 12.6. The van der Waals surface area contributed by atoms with E-state index < -0.39 is 11.9 Å². The van der Waals surface area contributed by atoms with Crippen LogP contribution in [0.2, 0.25) is 5.02 Å². The van der Waals surface area contributed by atoms with E-state index in [-0.39, 0.29) is 21.8 Å². The van der Waals surface area contributed by atoms with Crippen LogP contribution in [0.15, 0.2) is 72.8 Å². The molecule has 0 unspecified atom stereocenters. The van der Waals surface area contributed by atoms with Crippen LogP contribution in [0.5, 0.6) is 0 Å². The second-order valence-electron chi connectivity index (χ2n) is 5.62. The predicted molar refractivity (Wildman–Crippen MR) is 105 cm³/mol. The summed E-state index contributed by atoms with van der Waals surface area (Å²) in [6, 6.07) is 20.5. The first-order valence-corrected chi connectivity index (χ1v) is 8.42. The first-order chi connectivity index (χ1) is 13.0. The molecule has 0 radical (unpaired) electrons. The van der Waals surface area contributed by atoms with Crippen LogP contribution in [0.3, 0.4) is 0 Å². The highest BCUT2D eigenvalue weighted by molar-refractivity contribution is 6.34. The maximum absolute atomic E-state index is 12.6. The molecule has 4 nitrogen and oxygen atoms in total. The molecule has 0 spiro atoms. The topological polar surface area (TPSA) is 66.4 Å². The smallest absolute Gasteiger partial charge is 0.337 e. The number of anilines is 1. The van der Waals surface area contributed by atoms with Crippen molar-refractivity contribution in [3.63, 3.8) is 0 Å². The summed E-state index contributed by atoms with van der Waals surface area (Å²) in [7, 11) is 0. The zero-order valence-corrected chi connectivity index (χ0v) is 14.8. The Morgan fingerprint density at radius 2 is 1.48 bits per heavy atom. The van der Waals surface area contributed by atoms with Gasteiger partial charge in [0.2, 0.25) is 0 Å². The first-order valence-electron chi connectivity index (χ1n) is 8.05. The Labute approximate surface area is 161 Å². The number of benzene rings is 3. The van der Waals surface area contributed by atoms with Crippen LogP contribution in [0.4, 0.5) is 5.69 Å². The molecule has 132 valence electrons. The van der Waals surface area contributed by atoms with Gasteiger partial charge in [0, 0.05) is 11.1 Å². The zero-order chi connectivity index (χ0) is 19.2. The van der Waals surface area contributed by atoms with Gasteiger partial charge in [-0.15, -0.1) is 0 Å². The highest BCUT2D eigenvalue weighted by atomic mass is 35.5. The van der Waals surface area contributed by atoms with Gasteiger partial charge < -0.3 is 10.4 Å². The Bertz CT molecular complexity index is 1070. The number of rotatable bonds is 3. The van der Waals surface area contributed by atoms with E-state index in [9.17, 15) is 14.7 Å². The van der Waals surface area contributed by atoms with Crippen LogP contribution in [0.25, 0.3) is 0 Å². The monoisotopic (exact) mass is 375 g/mol. The van der Waals surface area contributed by atoms with Crippen molar-refractivity contribution in [1.29, 1.82) is 0 Å². The number of aromatic carboxylic acids is 1. The van der Waals surface area contributed by atoms with E-state index in [0.717, 1.165) is 5.56 Å². The second kappa shape index (κ2) is 8.22. The lowest BCUT2D eigenvalue weighted by Gasteiger charge is -2.09. The van der Waals surface area contributed by atoms with Crippen molar-refractivity contribution in [3.8, 4) is 11.8 Å². The van der Waals surface area contributed by atoms with Crippen molar-refractivity contribution >= 4 is 29.2 Å². The molecule has 0 saturated carbocycles. The summed E-state index contributed by atoms with van der Waals surface area (Å²) in [5.74, 6) is 4.38. The number of amides is 1. The van der Waals surface area contributed by atoms with E-state index in [0.29, 0.717) is 5.56 Å². The normalized spacial score (nSPS) is 9.81. The van der Waals surface area contributed by atoms with Gasteiger partial charge in [0.25, 0.3) is 5.91 Å². The summed E-state index contributed by atoms with van der Waals surface area (Å²) in [5, 5.41) is 12.1. The molecule has 0 fully saturated rings. The van der Waals surface area contributed by atoms with Crippen LogP contribution in [-0.2, 0) is 0 Å². The van der Waals surface area contributed by atoms with Crippen molar-refractivity contribution in [2.24, 2.45) is 0 Å². The summed E-state index contributed by atoms with van der Waals surface area (Å²) in [6.07, 6.45) is 0. The number of nitrogens with one attached hydrogen (secondary N) is 1. The maximum Gasteiger partial charge on any atom is 0.337 e. The van der Waals surface area contributed by atoms with Crippen molar-refractivity contribution in [1.82, 2.24) is 0 Å². The third kappa shape index (κ3) is 4.55. The van der Waals surface area contributed by atoms with Gasteiger partial charge in [-0.2, -0.15) is 0 Å². The SMILES string of the molecule is O=C(Nc1ccccc1C(=O)O)c1cc(C#Cc2ccccc2)ccc1Cl. The number of carbonyl (C=O) groups is 2. The van der Waals surface area contributed by atoms with Crippen LogP contribution >= 0.6 is 11.6 Å². The molecule has 0 bridgehead atoms. The number of carboxylic acids is 1. The Morgan fingerprint density at radius 1 is 0.815 bits per heavy atom. The average Bonchev–Trinajstić information content (AvgIpc) is 2.68. The molecule has 0 saturated heterocycles. The number of para-hydroxylation sites is 1. The van der Waals surface area contributed by atoms with Gasteiger partial charge in [-0.05, 0) is 42.5 Å². The standard InChI is InChI=1S/C22H14ClNO3/c23-19-13-12-16(11-10-15-6-2-1-3-7-15)14-18(19)21(25)24-20-9-5-4-8-17(20)22(26)27/h1-9,12-14H,(H,24,25)(H,26,27). The predicted octanol–water partition coefficient (Wildman–Crippen LogP) is 4.69. The fourth-order valence-electron chi connectivity index (χ4n) is 2.41. The molecule has 2 N–H and O–H groups in total. The minimum atomic E-state index is -1.13. The Hall–Kier alpha value is -3.55. The quantitative estimate of drug-likeness (QED) is 0.652. The van der Waals surface area contributed by atoms with Crippen molar-refractivity contribution in [3.05, 3.63) is 100 Å². The molecule has 3 aromatic carbocycles. The molecular weight excluding hydrogens is 362 g/mol. The molecule has 0 aromatic heterocycles. The first kappa shape index (κ1) is 18.2. The van der Waals surface area contributed by atoms with Gasteiger partial charge in [-0.25, -0.2) is 4.79 Å². The Balaban J connectivity index is 1.88. The Kier molecular flexibility index (Phi) is 5.55. The average molecular weight is 376 g/mol.